The van der Waals surface area contributed by atoms with Gasteiger partial charge < -0.3 is 14.9 Å². The second kappa shape index (κ2) is 7.13. The number of amides is 1. The van der Waals surface area contributed by atoms with E-state index in [-0.39, 0.29) is 22.8 Å². The van der Waals surface area contributed by atoms with Gasteiger partial charge in [-0.15, -0.1) is 0 Å². The molecule has 0 spiro atoms. The molecule has 1 heterocycles. The van der Waals surface area contributed by atoms with Crippen molar-refractivity contribution in [3.63, 3.8) is 0 Å². The standard InChI is InChI=1S/C20H17FN2O6S/c1-30(26,27)23-15-9-16-14(8-13(15)10-2-3-10)17(19(24)29-20(22)25)18(28-16)11-4-6-12(21)7-5-11/h4-10,23H,2-3H2,1H3,(H2,22,25). The number of hydrogen-bond donors (Lipinski definition) is 2. The Morgan fingerprint density at radius 1 is 1.20 bits per heavy atom. The fourth-order valence-electron chi connectivity index (χ4n) is 3.33. The minimum absolute atomic E-state index is 0.0505. The minimum atomic E-state index is -3.55. The molecule has 0 aliphatic heterocycles. The van der Waals surface area contributed by atoms with E-state index in [1.54, 1.807) is 6.07 Å². The summed E-state index contributed by atoms with van der Waals surface area (Å²) in [7, 11) is -3.55. The number of carbonyl (C=O) groups is 2. The van der Waals surface area contributed by atoms with Crippen molar-refractivity contribution in [2.75, 3.05) is 11.0 Å². The third kappa shape index (κ3) is 3.99. The maximum atomic E-state index is 13.3. The van der Waals surface area contributed by atoms with Crippen molar-refractivity contribution >= 4 is 38.7 Å². The Morgan fingerprint density at radius 2 is 1.87 bits per heavy atom. The molecule has 1 aliphatic carbocycles. The number of primary amides is 1. The van der Waals surface area contributed by atoms with Gasteiger partial charge in [0.15, 0.2) is 0 Å². The number of fused-ring (bicyclic) bond motifs is 1. The van der Waals surface area contributed by atoms with Crippen LogP contribution in [0.4, 0.5) is 14.9 Å². The summed E-state index contributed by atoms with van der Waals surface area (Å²) in [6.45, 7) is 0. The highest BCUT2D eigenvalue weighted by atomic mass is 32.2. The van der Waals surface area contributed by atoms with Gasteiger partial charge in [-0.2, -0.15) is 0 Å². The quantitative estimate of drug-likeness (QED) is 0.467. The van der Waals surface area contributed by atoms with Gasteiger partial charge in [0.25, 0.3) is 0 Å². The van der Waals surface area contributed by atoms with Gasteiger partial charge in [-0.25, -0.2) is 22.4 Å². The molecule has 10 heteroatoms. The Labute approximate surface area is 170 Å². The van der Waals surface area contributed by atoms with Crippen LogP contribution < -0.4 is 10.5 Å². The van der Waals surface area contributed by atoms with Crippen molar-refractivity contribution in [1.29, 1.82) is 0 Å². The number of anilines is 1. The molecule has 0 saturated heterocycles. The van der Waals surface area contributed by atoms with Crippen molar-refractivity contribution in [2.45, 2.75) is 18.8 Å². The Balaban J connectivity index is 1.96. The van der Waals surface area contributed by atoms with Gasteiger partial charge in [0.1, 0.15) is 22.7 Å². The zero-order chi connectivity index (χ0) is 21.6. The van der Waals surface area contributed by atoms with Gasteiger partial charge >= 0.3 is 12.1 Å². The number of esters is 1. The first kappa shape index (κ1) is 19.9. The molecule has 1 aromatic heterocycles. The summed E-state index contributed by atoms with van der Waals surface area (Å²) in [5, 5.41) is 0.335. The van der Waals surface area contributed by atoms with Crippen molar-refractivity contribution < 1.29 is 31.6 Å². The lowest BCUT2D eigenvalue weighted by Gasteiger charge is -2.10. The van der Waals surface area contributed by atoms with Crippen LogP contribution in [0.25, 0.3) is 22.3 Å². The first-order chi connectivity index (χ1) is 14.1. The number of sulfonamides is 1. The fraction of sp³-hybridized carbons (Fsp3) is 0.200. The number of hydrogen-bond acceptors (Lipinski definition) is 6. The summed E-state index contributed by atoms with van der Waals surface area (Å²) in [5.74, 6) is -1.32. The maximum absolute atomic E-state index is 13.3. The summed E-state index contributed by atoms with van der Waals surface area (Å²) >= 11 is 0. The smallest absolute Gasteiger partial charge is 0.412 e. The van der Waals surface area contributed by atoms with E-state index in [2.05, 4.69) is 9.46 Å². The van der Waals surface area contributed by atoms with Crippen LogP contribution in [0.1, 0.15) is 34.7 Å². The molecule has 0 unspecified atom stereocenters. The highest BCUT2D eigenvalue weighted by Crippen LogP contribution is 2.46. The van der Waals surface area contributed by atoms with E-state index in [1.165, 1.54) is 30.3 Å². The summed E-state index contributed by atoms with van der Waals surface area (Å²) in [4.78, 5) is 23.8. The van der Waals surface area contributed by atoms with Crippen LogP contribution in [0.2, 0.25) is 0 Å². The van der Waals surface area contributed by atoms with Crippen LogP contribution in [-0.2, 0) is 14.8 Å². The van der Waals surface area contributed by atoms with Crippen LogP contribution in [-0.4, -0.2) is 26.7 Å². The maximum Gasteiger partial charge on any atom is 0.412 e. The fourth-order valence-corrected chi connectivity index (χ4v) is 3.91. The Bertz CT molecular complexity index is 1280. The predicted octanol–water partition coefficient (Wildman–Crippen LogP) is 3.72. The number of carbonyl (C=O) groups excluding carboxylic acids is 2. The normalized spacial score (nSPS) is 13.9. The zero-order valence-electron chi connectivity index (χ0n) is 15.8. The Hall–Kier alpha value is -3.40. The van der Waals surface area contributed by atoms with Gasteiger partial charge in [-0.05, 0) is 54.7 Å². The van der Waals surface area contributed by atoms with Gasteiger partial charge in [-0.3, -0.25) is 4.72 Å². The highest BCUT2D eigenvalue weighted by molar-refractivity contribution is 7.92. The molecule has 1 fully saturated rings. The summed E-state index contributed by atoms with van der Waals surface area (Å²) < 4.78 is 49.8. The number of halogens is 1. The second-order valence-electron chi connectivity index (χ2n) is 7.11. The number of ether oxygens (including phenoxy) is 1. The predicted molar refractivity (Wildman–Crippen MR) is 107 cm³/mol. The molecule has 0 bridgehead atoms. The Morgan fingerprint density at radius 3 is 2.43 bits per heavy atom. The van der Waals surface area contributed by atoms with Crippen molar-refractivity contribution in [1.82, 2.24) is 0 Å². The second-order valence-corrected chi connectivity index (χ2v) is 8.85. The lowest BCUT2D eigenvalue weighted by atomic mass is 10.0. The molecule has 4 rings (SSSR count). The first-order valence-corrected chi connectivity index (χ1v) is 10.9. The SMILES string of the molecule is CS(=O)(=O)Nc1cc2oc(-c3ccc(F)cc3)c(C(=O)OC(N)=O)c2cc1C1CC1. The van der Waals surface area contributed by atoms with Crippen LogP contribution in [0, 0.1) is 5.82 Å². The topological polar surface area (TPSA) is 129 Å². The van der Waals surface area contributed by atoms with E-state index in [4.69, 9.17) is 10.2 Å². The van der Waals surface area contributed by atoms with E-state index in [1.807, 2.05) is 0 Å². The number of nitrogens with one attached hydrogen (secondary N) is 1. The van der Waals surface area contributed by atoms with Crippen LogP contribution in [0.15, 0.2) is 40.8 Å². The first-order valence-electron chi connectivity index (χ1n) is 8.98. The largest absolute Gasteiger partial charge is 0.455 e. The molecule has 3 aromatic rings. The average Bonchev–Trinajstić information content (AvgIpc) is 3.40. The van der Waals surface area contributed by atoms with Gasteiger partial charge in [-0.1, -0.05) is 0 Å². The number of rotatable bonds is 5. The van der Waals surface area contributed by atoms with E-state index < -0.39 is 27.9 Å². The highest BCUT2D eigenvalue weighted by Gasteiger charge is 2.31. The Kier molecular flexibility index (Phi) is 4.73. The molecular weight excluding hydrogens is 415 g/mol. The van der Waals surface area contributed by atoms with Crippen molar-refractivity contribution in [3.8, 4) is 11.3 Å². The number of benzene rings is 2. The van der Waals surface area contributed by atoms with E-state index in [0.29, 0.717) is 22.2 Å². The van der Waals surface area contributed by atoms with E-state index in [9.17, 15) is 22.4 Å². The van der Waals surface area contributed by atoms with Gasteiger partial charge in [0, 0.05) is 17.0 Å². The van der Waals surface area contributed by atoms with Crippen LogP contribution >= 0.6 is 0 Å². The van der Waals surface area contributed by atoms with E-state index in [0.717, 1.165) is 19.1 Å². The summed E-state index contributed by atoms with van der Waals surface area (Å²) in [5.41, 5.74) is 6.56. The number of nitrogens with two attached hydrogens (primary N) is 1. The average molecular weight is 432 g/mol. The zero-order valence-corrected chi connectivity index (χ0v) is 16.6. The molecule has 1 amide bonds. The number of furan rings is 1. The molecular formula is C20H17FN2O6S. The molecule has 2 aromatic carbocycles. The van der Waals surface area contributed by atoms with Crippen LogP contribution in [0.5, 0.6) is 0 Å². The monoisotopic (exact) mass is 432 g/mol. The summed E-state index contributed by atoms with van der Waals surface area (Å²) in [6.07, 6.45) is 1.49. The molecule has 1 aliphatic rings. The third-order valence-corrected chi connectivity index (χ3v) is 5.27. The lowest BCUT2D eigenvalue weighted by molar-refractivity contribution is 0.0640. The van der Waals surface area contributed by atoms with Gasteiger partial charge in [0.2, 0.25) is 10.0 Å². The molecule has 3 N–H and O–H groups in total. The molecule has 8 nitrogen and oxygen atoms in total. The van der Waals surface area contributed by atoms with Crippen LogP contribution in [0.3, 0.4) is 0 Å². The molecule has 0 atom stereocenters. The third-order valence-electron chi connectivity index (χ3n) is 4.68. The lowest BCUT2D eigenvalue weighted by Crippen LogP contribution is -2.18. The van der Waals surface area contributed by atoms with Gasteiger partial charge in [0.05, 0.1) is 11.9 Å². The minimum Gasteiger partial charge on any atom is -0.455 e. The molecule has 156 valence electrons. The van der Waals surface area contributed by atoms with Crippen molar-refractivity contribution in [2.24, 2.45) is 5.73 Å². The molecule has 0 radical (unpaired) electrons. The van der Waals surface area contributed by atoms with E-state index >= 15 is 0 Å². The van der Waals surface area contributed by atoms with Crippen molar-refractivity contribution in [3.05, 3.63) is 53.3 Å². The summed E-state index contributed by atoms with van der Waals surface area (Å²) in [6, 6.07) is 8.33. The molecule has 1 saturated carbocycles. The molecule has 30 heavy (non-hydrogen) atoms.